The van der Waals surface area contributed by atoms with Crippen molar-refractivity contribution < 1.29 is 22.7 Å². The summed E-state index contributed by atoms with van der Waals surface area (Å²) in [5, 5.41) is 3.49. The molecule has 0 aliphatic rings. The zero-order valence-electron chi connectivity index (χ0n) is 22.2. The molecular weight excluding hydrogens is 514 g/mol. The average molecular weight is 552 g/mol. The van der Waals surface area contributed by atoms with Gasteiger partial charge in [-0.1, -0.05) is 37.6 Å². The lowest BCUT2D eigenvalue weighted by molar-refractivity contribution is -0.141. The molecule has 0 aliphatic heterocycles. The quantitative estimate of drug-likeness (QED) is 0.370. The summed E-state index contributed by atoms with van der Waals surface area (Å²) in [6, 6.07) is 13.2. The number of amides is 2. The number of carbonyl (C=O) groups is 2. The van der Waals surface area contributed by atoms with Crippen LogP contribution in [0.2, 0.25) is 5.02 Å². The Labute approximate surface area is 226 Å². The Morgan fingerprint density at radius 2 is 1.65 bits per heavy atom. The van der Waals surface area contributed by atoms with E-state index in [-0.39, 0.29) is 43.8 Å². The van der Waals surface area contributed by atoms with Gasteiger partial charge in [-0.05, 0) is 68.1 Å². The minimum atomic E-state index is -3.57. The van der Waals surface area contributed by atoms with Gasteiger partial charge in [0.05, 0.1) is 19.1 Å². The maximum Gasteiger partial charge on any atom is 0.243 e. The van der Waals surface area contributed by atoms with Crippen molar-refractivity contribution in [3.63, 3.8) is 0 Å². The van der Waals surface area contributed by atoms with Crippen LogP contribution in [0.1, 0.15) is 52.0 Å². The van der Waals surface area contributed by atoms with E-state index in [1.165, 1.54) is 4.31 Å². The van der Waals surface area contributed by atoms with Gasteiger partial charge in [0.2, 0.25) is 21.8 Å². The van der Waals surface area contributed by atoms with Crippen molar-refractivity contribution in [1.29, 1.82) is 0 Å². The summed E-state index contributed by atoms with van der Waals surface area (Å²) < 4.78 is 31.3. The Bertz CT molecular complexity index is 1120. The highest BCUT2D eigenvalue weighted by Crippen LogP contribution is 2.22. The molecule has 2 aromatic carbocycles. The molecule has 10 heteroatoms. The molecule has 0 fully saturated rings. The molecule has 0 saturated carbocycles. The zero-order valence-corrected chi connectivity index (χ0v) is 23.8. The van der Waals surface area contributed by atoms with E-state index in [9.17, 15) is 18.0 Å². The lowest BCUT2D eigenvalue weighted by atomic mass is 10.1. The van der Waals surface area contributed by atoms with E-state index in [4.69, 9.17) is 16.3 Å². The fourth-order valence-electron chi connectivity index (χ4n) is 3.90. The van der Waals surface area contributed by atoms with Gasteiger partial charge in [-0.3, -0.25) is 13.9 Å². The van der Waals surface area contributed by atoms with Gasteiger partial charge in [0, 0.05) is 30.6 Å². The Hall–Kier alpha value is -2.78. The molecule has 0 radical (unpaired) electrons. The number of anilines is 1. The lowest BCUT2D eigenvalue weighted by Gasteiger charge is -2.32. The molecule has 2 aromatic rings. The van der Waals surface area contributed by atoms with Crippen LogP contribution in [0.5, 0.6) is 5.75 Å². The van der Waals surface area contributed by atoms with E-state index in [1.807, 2.05) is 45.0 Å². The summed E-state index contributed by atoms with van der Waals surface area (Å²) in [5.74, 6) is 0.287. The first-order valence-electron chi connectivity index (χ1n) is 12.5. The van der Waals surface area contributed by atoms with Crippen LogP contribution in [0.4, 0.5) is 5.69 Å². The molecular formula is C27H38ClN3O5S. The van der Waals surface area contributed by atoms with E-state index in [1.54, 1.807) is 36.3 Å². The second-order valence-electron chi connectivity index (χ2n) is 9.03. The maximum atomic E-state index is 13.5. The predicted molar refractivity (Wildman–Crippen MR) is 148 cm³/mol. The maximum absolute atomic E-state index is 13.5. The number of nitrogens with one attached hydrogen (secondary N) is 1. The number of hydrogen-bond acceptors (Lipinski definition) is 5. The first kappa shape index (κ1) is 30.4. The fourth-order valence-corrected chi connectivity index (χ4v) is 4.99. The summed E-state index contributed by atoms with van der Waals surface area (Å²) in [7, 11) is -1.98. The molecule has 204 valence electrons. The molecule has 0 aliphatic carbocycles. The molecule has 0 unspecified atom stereocenters. The topological polar surface area (TPSA) is 96.0 Å². The van der Waals surface area contributed by atoms with Crippen molar-refractivity contribution in [3.8, 4) is 5.75 Å². The molecule has 0 spiro atoms. The molecule has 0 bridgehead atoms. The van der Waals surface area contributed by atoms with Crippen LogP contribution in [-0.2, 0) is 26.2 Å². The molecule has 1 N–H and O–H groups in total. The molecule has 0 saturated heterocycles. The van der Waals surface area contributed by atoms with E-state index < -0.39 is 16.1 Å². The van der Waals surface area contributed by atoms with Crippen LogP contribution in [0.15, 0.2) is 48.5 Å². The average Bonchev–Trinajstić information content (AvgIpc) is 2.86. The van der Waals surface area contributed by atoms with Gasteiger partial charge in [0.25, 0.3) is 0 Å². The van der Waals surface area contributed by atoms with Crippen molar-refractivity contribution in [2.75, 3.05) is 24.2 Å². The van der Waals surface area contributed by atoms with E-state index in [0.29, 0.717) is 22.9 Å². The minimum absolute atomic E-state index is 0.0119. The summed E-state index contributed by atoms with van der Waals surface area (Å²) in [6.07, 6.45) is 2.73. The van der Waals surface area contributed by atoms with Crippen LogP contribution in [-0.4, -0.2) is 57.1 Å². The van der Waals surface area contributed by atoms with Crippen molar-refractivity contribution in [3.05, 3.63) is 59.1 Å². The van der Waals surface area contributed by atoms with E-state index in [0.717, 1.165) is 18.2 Å². The number of methoxy groups -OCH3 is 1. The molecule has 0 aromatic heterocycles. The standard InChI is InChI=1S/C27H38ClN3O5S/c1-6-20(3)29-27(33)25(7-2)30(19-21-10-16-24(36-4)17-11-21)26(32)9-8-18-31(37(5,34)35)23-14-12-22(28)13-15-23/h10-17,20,25H,6-9,18-19H2,1-5H3,(H,29,33)/t20-,25-/m0/s1. The van der Waals surface area contributed by atoms with Gasteiger partial charge >= 0.3 is 0 Å². The van der Waals surface area contributed by atoms with E-state index in [2.05, 4.69) is 5.32 Å². The summed E-state index contributed by atoms with van der Waals surface area (Å²) in [6.45, 7) is 6.17. The highest BCUT2D eigenvalue weighted by molar-refractivity contribution is 7.92. The first-order valence-corrected chi connectivity index (χ1v) is 14.7. The van der Waals surface area contributed by atoms with Crippen LogP contribution in [0.25, 0.3) is 0 Å². The normalized spacial score (nSPS) is 12.9. The van der Waals surface area contributed by atoms with Crippen molar-refractivity contribution in [2.45, 2.75) is 65.1 Å². The van der Waals surface area contributed by atoms with Gasteiger partial charge in [-0.15, -0.1) is 0 Å². The molecule has 8 nitrogen and oxygen atoms in total. The van der Waals surface area contributed by atoms with Gasteiger partial charge < -0.3 is 15.0 Å². The van der Waals surface area contributed by atoms with Crippen LogP contribution >= 0.6 is 11.6 Å². The number of nitrogens with zero attached hydrogens (tertiary/aromatic N) is 2. The molecule has 0 heterocycles. The SMILES string of the molecule is CC[C@H](C)NC(=O)[C@H](CC)N(Cc1ccc(OC)cc1)C(=O)CCCN(c1ccc(Cl)cc1)S(C)(=O)=O. The lowest BCUT2D eigenvalue weighted by Crippen LogP contribution is -2.50. The van der Waals surface area contributed by atoms with Crippen molar-refractivity contribution in [1.82, 2.24) is 10.2 Å². The van der Waals surface area contributed by atoms with Crippen molar-refractivity contribution >= 4 is 39.1 Å². The van der Waals surface area contributed by atoms with Crippen LogP contribution in [0.3, 0.4) is 0 Å². The largest absolute Gasteiger partial charge is 0.497 e. The van der Waals surface area contributed by atoms with Crippen molar-refractivity contribution in [2.24, 2.45) is 0 Å². The molecule has 2 atom stereocenters. The number of halogens is 1. The molecule has 2 amide bonds. The third-order valence-corrected chi connectivity index (χ3v) is 7.61. The highest BCUT2D eigenvalue weighted by atomic mass is 35.5. The van der Waals surface area contributed by atoms with Gasteiger partial charge in [0.15, 0.2) is 0 Å². The van der Waals surface area contributed by atoms with Gasteiger partial charge in [0.1, 0.15) is 11.8 Å². The Kier molecular flexibility index (Phi) is 11.7. The molecule has 37 heavy (non-hydrogen) atoms. The monoisotopic (exact) mass is 551 g/mol. The first-order chi connectivity index (χ1) is 17.5. The Morgan fingerprint density at radius 3 is 2.16 bits per heavy atom. The number of hydrogen-bond donors (Lipinski definition) is 1. The number of benzene rings is 2. The van der Waals surface area contributed by atoms with Gasteiger partial charge in [-0.25, -0.2) is 8.42 Å². The second-order valence-corrected chi connectivity index (χ2v) is 11.4. The Morgan fingerprint density at radius 1 is 1.03 bits per heavy atom. The summed E-state index contributed by atoms with van der Waals surface area (Å²) >= 11 is 5.95. The Balaban J connectivity index is 2.22. The van der Waals surface area contributed by atoms with Crippen LogP contribution in [0, 0.1) is 0 Å². The number of rotatable bonds is 14. The minimum Gasteiger partial charge on any atom is -0.497 e. The van der Waals surface area contributed by atoms with E-state index >= 15 is 0 Å². The number of sulfonamides is 1. The summed E-state index contributed by atoms with van der Waals surface area (Å²) in [5.41, 5.74) is 1.34. The predicted octanol–water partition coefficient (Wildman–Crippen LogP) is 4.62. The number of carbonyl (C=O) groups excluding carboxylic acids is 2. The fraction of sp³-hybridized carbons (Fsp3) is 0.481. The highest BCUT2D eigenvalue weighted by Gasteiger charge is 2.29. The third kappa shape index (κ3) is 9.23. The molecule has 2 rings (SSSR count). The summed E-state index contributed by atoms with van der Waals surface area (Å²) in [4.78, 5) is 28.2. The van der Waals surface area contributed by atoms with Gasteiger partial charge in [-0.2, -0.15) is 0 Å². The zero-order chi connectivity index (χ0) is 27.6. The smallest absolute Gasteiger partial charge is 0.243 e. The van der Waals surface area contributed by atoms with Crippen LogP contribution < -0.4 is 14.4 Å². The number of ether oxygens (including phenoxy) is 1. The second kappa shape index (κ2) is 14.2. The third-order valence-electron chi connectivity index (χ3n) is 6.17.